The normalized spacial score (nSPS) is 30.2. The van der Waals surface area contributed by atoms with Crippen LogP contribution in [-0.4, -0.2) is 29.3 Å². The molecule has 1 fully saturated rings. The van der Waals surface area contributed by atoms with Crippen LogP contribution in [0, 0.1) is 5.92 Å². The lowest BCUT2D eigenvalue weighted by atomic mass is 9.91. The van der Waals surface area contributed by atoms with E-state index in [1.165, 1.54) is 38.5 Å². The Bertz CT molecular complexity index is 172. The first-order valence-corrected chi connectivity index (χ1v) is 6.60. The third-order valence-corrected chi connectivity index (χ3v) is 4.00. The SMILES string of the molecule is CCC1CCCCCC1N(C)C(O)CC. The standard InChI is InChI=1S/C13H27NO/c1-4-11-9-7-6-8-10-12(11)14(3)13(15)5-2/h11-13,15H,4-10H2,1-3H3. The van der Waals surface area contributed by atoms with Crippen molar-refractivity contribution in [2.75, 3.05) is 7.05 Å². The van der Waals surface area contributed by atoms with Gasteiger partial charge in [-0.3, -0.25) is 4.90 Å². The van der Waals surface area contributed by atoms with Gasteiger partial charge in [-0.1, -0.05) is 39.5 Å². The van der Waals surface area contributed by atoms with Gasteiger partial charge in [0.2, 0.25) is 0 Å². The number of rotatable bonds is 4. The van der Waals surface area contributed by atoms with Gasteiger partial charge in [0, 0.05) is 6.04 Å². The van der Waals surface area contributed by atoms with E-state index in [0.29, 0.717) is 6.04 Å². The van der Waals surface area contributed by atoms with Crippen molar-refractivity contribution in [1.82, 2.24) is 4.90 Å². The monoisotopic (exact) mass is 213 g/mol. The van der Waals surface area contributed by atoms with Crippen molar-refractivity contribution in [3.05, 3.63) is 0 Å². The summed E-state index contributed by atoms with van der Waals surface area (Å²) in [6, 6.07) is 0.604. The smallest absolute Gasteiger partial charge is 0.107 e. The molecule has 1 saturated carbocycles. The fourth-order valence-corrected chi connectivity index (χ4v) is 2.89. The fraction of sp³-hybridized carbons (Fsp3) is 1.00. The lowest BCUT2D eigenvalue weighted by Gasteiger charge is -2.36. The predicted molar refractivity (Wildman–Crippen MR) is 64.7 cm³/mol. The maximum atomic E-state index is 9.91. The first kappa shape index (κ1) is 13.0. The molecule has 0 amide bonds. The van der Waals surface area contributed by atoms with E-state index >= 15 is 0 Å². The van der Waals surface area contributed by atoms with Crippen LogP contribution in [0.15, 0.2) is 0 Å². The Morgan fingerprint density at radius 2 is 1.87 bits per heavy atom. The van der Waals surface area contributed by atoms with Crippen LogP contribution in [-0.2, 0) is 0 Å². The van der Waals surface area contributed by atoms with E-state index in [2.05, 4.69) is 25.8 Å². The molecular weight excluding hydrogens is 186 g/mol. The van der Waals surface area contributed by atoms with Crippen LogP contribution < -0.4 is 0 Å². The summed E-state index contributed by atoms with van der Waals surface area (Å²) in [6.07, 6.45) is 8.56. The molecule has 0 aliphatic heterocycles. The van der Waals surface area contributed by atoms with Crippen molar-refractivity contribution in [3.8, 4) is 0 Å². The van der Waals surface area contributed by atoms with E-state index in [1.54, 1.807) is 0 Å². The summed E-state index contributed by atoms with van der Waals surface area (Å²) in [4.78, 5) is 2.21. The first-order valence-electron chi connectivity index (χ1n) is 6.60. The molecule has 1 aliphatic carbocycles. The number of aliphatic hydroxyl groups excluding tert-OH is 1. The van der Waals surface area contributed by atoms with Crippen molar-refractivity contribution in [3.63, 3.8) is 0 Å². The minimum absolute atomic E-state index is 0.248. The lowest BCUT2D eigenvalue weighted by molar-refractivity contribution is -0.0270. The maximum absolute atomic E-state index is 9.91. The third-order valence-electron chi connectivity index (χ3n) is 4.00. The largest absolute Gasteiger partial charge is 0.378 e. The molecule has 0 saturated heterocycles. The van der Waals surface area contributed by atoms with Gasteiger partial charge in [-0.25, -0.2) is 0 Å². The molecule has 0 aromatic heterocycles. The average Bonchev–Trinajstić information content (AvgIpc) is 2.51. The number of aliphatic hydroxyl groups is 1. The molecule has 2 nitrogen and oxygen atoms in total. The lowest BCUT2D eigenvalue weighted by Crippen LogP contribution is -2.43. The quantitative estimate of drug-likeness (QED) is 0.573. The Morgan fingerprint density at radius 3 is 2.47 bits per heavy atom. The average molecular weight is 213 g/mol. The highest BCUT2D eigenvalue weighted by Crippen LogP contribution is 2.29. The molecule has 0 spiro atoms. The van der Waals surface area contributed by atoms with Crippen LogP contribution in [0.2, 0.25) is 0 Å². The number of hydrogen-bond donors (Lipinski definition) is 1. The summed E-state index contributed by atoms with van der Waals surface area (Å²) in [6.45, 7) is 4.34. The molecule has 1 aliphatic rings. The van der Waals surface area contributed by atoms with E-state index in [-0.39, 0.29) is 6.23 Å². The van der Waals surface area contributed by atoms with Crippen LogP contribution >= 0.6 is 0 Å². The van der Waals surface area contributed by atoms with Gasteiger partial charge in [0.15, 0.2) is 0 Å². The second-order valence-corrected chi connectivity index (χ2v) is 4.93. The topological polar surface area (TPSA) is 23.5 Å². The van der Waals surface area contributed by atoms with Gasteiger partial charge in [-0.05, 0) is 32.2 Å². The zero-order valence-corrected chi connectivity index (χ0v) is 10.6. The molecule has 90 valence electrons. The highest BCUT2D eigenvalue weighted by molar-refractivity contribution is 4.80. The molecule has 15 heavy (non-hydrogen) atoms. The molecule has 2 heteroatoms. The minimum Gasteiger partial charge on any atom is -0.378 e. The highest BCUT2D eigenvalue weighted by atomic mass is 16.3. The summed E-state index contributed by atoms with van der Waals surface area (Å²) in [7, 11) is 2.09. The summed E-state index contributed by atoms with van der Waals surface area (Å²) in [5.74, 6) is 0.790. The van der Waals surface area contributed by atoms with Gasteiger partial charge in [-0.15, -0.1) is 0 Å². The Labute approximate surface area is 94.7 Å². The Hall–Kier alpha value is -0.0800. The second kappa shape index (κ2) is 6.49. The molecule has 0 heterocycles. The van der Waals surface area contributed by atoms with Gasteiger partial charge < -0.3 is 5.11 Å². The van der Waals surface area contributed by atoms with Gasteiger partial charge in [-0.2, -0.15) is 0 Å². The van der Waals surface area contributed by atoms with Crippen LogP contribution in [0.1, 0.15) is 58.8 Å². The van der Waals surface area contributed by atoms with Crippen molar-refractivity contribution in [2.24, 2.45) is 5.92 Å². The summed E-state index contributed by atoms with van der Waals surface area (Å²) >= 11 is 0. The molecule has 1 N–H and O–H groups in total. The Kier molecular flexibility index (Phi) is 5.62. The van der Waals surface area contributed by atoms with Gasteiger partial charge in [0.1, 0.15) is 6.23 Å². The van der Waals surface area contributed by atoms with E-state index in [1.807, 2.05) is 0 Å². The maximum Gasteiger partial charge on any atom is 0.107 e. The zero-order valence-electron chi connectivity index (χ0n) is 10.6. The van der Waals surface area contributed by atoms with Crippen molar-refractivity contribution >= 4 is 0 Å². The summed E-state index contributed by atoms with van der Waals surface area (Å²) in [5.41, 5.74) is 0. The minimum atomic E-state index is -0.248. The van der Waals surface area contributed by atoms with Crippen molar-refractivity contribution in [1.29, 1.82) is 0 Å². The van der Waals surface area contributed by atoms with Gasteiger partial charge in [0.25, 0.3) is 0 Å². The van der Waals surface area contributed by atoms with Gasteiger partial charge in [0.05, 0.1) is 0 Å². The number of nitrogens with zero attached hydrogens (tertiary/aromatic N) is 1. The fourth-order valence-electron chi connectivity index (χ4n) is 2.89. The molecule has 3 atom stereocenters. The molecule has 0 radical (unpaired) electrons. The molecule has 0 aromatic rings. The number of hydrogen-bond acceptors (Lipinski definition) is 2. The molecule has 0 bridgehead atoms. The summed E-state index contributed by atoms with van der Waals surface area (Å²) < 4.78 is 0. The van der Waals surface area contributed by atoms with Crippen molar-refractivity contribution < 1.29 is 5.11 Å². The van der Waals surface area contributed by atoms with Gasteiger partial charge >= 0.3 is 0 Å². The first-order chi connectivity index (χ1) is 7.20. The zero-order chi connectivity index (χ0) is 11.3. The molecule has 0 aromatic carbocycles. The van der Waals surface area contributed by atoms with Crippen LogP contribution in [0.25, 0.3) is 0 Å². The third kappa shape index (κ3) is 3.46. The van der Waals surface area contributed by atoms with E-state index in [4.69, 9.17) is 0 Å². The molecule has 3 unspecified atom stereocenters. The van der Waals surface area contributed by atoms with E-state index < -0.39 is 0 Å². The van der Waals surface area contributed by atoms with E-state index in [0.717, 1.165) is 12.3 Å². The van der Waals surface area contributed by atoms with E-state index in [9.17, 15) is 5.11 Å². The second-order valence-electron chi connectivity index (χ2n) is 4.93. The predicted octanol–water partition coefficient (Wildman–Crippen LogP) is 3.01. The van der Waals surface area contributed by atoms with Crippen molar-refractivity contribution in [2.45, 2.75) is 71.1 Å². The Morgan fingerprint density at radius 1 is 1.20 bits per heavy atom. The van der Waals surface area contributed by atoms with Crippen LogP contribution in [0.5, 0.6) is 0 Å². The van der Waals surface area contributed by atoms with Crippen LogP contribution in [0.3, 0.4) is 0 Å². The Balaban J connectivity index is 2.60. The van der Waals surface area contributed by atoms with Crippen LogP contribution in [0.4, 0.5) is 0 Å². The highest BCUT2D eigenvalue weighted by Gasteiger charge is 2.28. The molecular formula is C13H27NO. The molecule has 1 rings (SSSR count). The summed E-state index contributed by atoms with van der Waals surface area (Å²) in [5, 5.41) is 9.91.